The zero-order valence-electron chi connectivity index (χ0n) is 10.9. The van der Waals surface area contributed by atoms with E-state index in [0.717, 1.165) is 27.2 Å². The highest BCUT2D eigenvalue weighted by atomic mass is 32.1. The first-order valence-corrected chi connectivity index (χ1v) is 8.08. The lowest BCUT2D eigenvalue weighted by Crippen LogP contribution is -1.91. The fraction of sp³-hybridized carbons (Fsp3) is 0. The third-order valence-electron chi connectivity index (χ3n) is 2.92. The van der Waals surface area contributed by atoms with Crippen molar-refractivity contribution in [2.75, 3.05) is 5.32 Å². The lowest BCUT2D eigenvalue weighted by atomic mass is 10.3. The molecular formula is C15H10N4S2. The molecule has 0 saturated heterocycles. The molecule has 102 valence electrons. The molecule has 4 aromatic rings. The third kappa shape index (κ3) is 2.51. The van der Waals surface area contributed by atoms with Crippen molar-refractivity contribution in [3.63, 3.8) is 0 Å². The van der Waals surface area contributed by atoms with E-state index in [0.29, 0.717) is 0 Å². The van der Waals surface area contributed by atoms with Crippen molar-refractivity contribution >= 4 is 43.8 Å². The highest BCUT2D eigenvalue weighted by Crippen LogP contribution is 2.32. The predicted molar refractivity (Wildman–Crippen MR) is 88.2 cm³/mol. The topological polar surface area (TPSA) is 50.7 Å². The van der Waals surface area contributed by atoms with Crippen molar-refractivity contribution in [2.24, 2.45) is 0 Å². The molecule has 0 spiro atoms. The van der Waals surface area contributed by atoms with Gasteiger partial charge in [0.25, 0.3) is 0 Å². The molecule has 21 heavy (non-hydrogen) atoms. The fourth-order valence-electron chi connectivity index (χ4n) is 1.96. The molecule has 4 rings (SSSR count). The van der Waals surface area contributed by atoms with Gasteiger partial charge in [0.05, 0.1) is 10.2 Å². The molecule has 0 fully saturated rings. The largest absolute Gasteiger partial charge is 0.316 e. The number of anilines is 2. The average Bonchev–Trinajstić information content (AvgIpc) is 3.14. The number of nitrogens with zero attached hydrogens (tertiary/aromatic N) is 3. The maximum absolute atomic E-state index is 4.62. The maximum Gasteiger partial charge on any atom is 0.188 e. The Morgan fingerprint density at radius 3 is 2.71 bits per heavy atom. The molecular weight excluding hydrogens is 300 g/mol. The fourth-order valence-corrected chi connectivity index (χ4v) is 3.66. The number of thiazole rings is 2. The first kappa shape index (κ1) is 12.4. The number of hydrogen-bond donors (Lipinski definition) is 1. The van der Waals surface area contributed by atoms with Crippen molar-refractivity contribution in [1.29, 1.82) is 0 Å². The Morgan fingerprint density at radius 2 is 1.86 bits per heavy atom. The molecule has 6 heteroatoms. The van der Waals surface area contributed by atoms with E-state index in [-0.39, 0.29) is 0 Å². The summed E-state index contributed by atoms with van der Waals surface area (Å²) in [6, 6.07) is 13.9. The van der Waals surface area contributed by atoms with E-state index in [4.69, 9.17) is 0 Å². The minimum Gasteiger partial charge on any atom is -0.316 e. The van der Waals surface area contributed by atoms with E-state index < -0.39 is 0 Å². The molecule has 0 aliphatic carbocycles. The monoisotopic (exact) mass is 310 g/mol. The second kappa shape index (κ2) is 5.23. The summed E-state index contributed by atoms with van der Waals surface area (Å²) >= 11 is 3.21. The Bertz CT molecular complexity index is 850. The van der Waals surface area contributed by atoms with Gasteiger partial charge in [-0.25, -0.2) is 15.0 Å². The van der Waals surface area contributed by atoms with Crippen LogP contribution in [0.3, 0.4) is 0 Å². The third-order valence-corrected chi connectivity index (χ3v) is 4.73. The molecule has 3 aromatic heterocycles. The van der Waals surface area contributed by atoms with Gasteiger partial charge in [-0.05, 0) is 24.3 Å². The van der Waals surface area contributed by atoms with Gasteiger partial charge in [-0.1, -0.05) is 18.2 Å². The summed E-state index contributed by atoms with van der Waals surface area (Å²) in [6.45, 7) is 0. The van der Waals surface area contributed by atoms with Gasteiger partial charge in [-0.2, -0.15) is 0 Å². The highest BCUT2D eigenvalue weighted by molar-refractivity contribution is 7.22. The summed E-state index contributed by atoms with van der Waals surface area (Å²) in [7, 11) is 0. The number of hydrogen-bond acceptors (Lipinski definition) is 6. The molecule has 0 aliphatic heterocycles. The van der Waals surface area contributed by atoms with Crippen LogP contribution in [0.1, 0.15) is 0 Å². The molecule has 3 heterocycles. The van der Waals surface area contributed by atoms with Gasteiger partial charge in [0, 0.05) is 11.6 Å². The summed E-state index contributed by atoms with van der Waals surface area (Å²) in [5.74, 6) is 0.794. The maximum atomic E-state index is 4.62. The lowest BCUT2D eigenvalue weighted by Gasteiger charge is -1.99. The van der Waals surface area contributed by atoms with Crippen LogP contribution in [0.2, 0.25) is 0 Å². The molecule has 0 saturated carbocycles. The van der Waals surface area contributed by atoms with Crippen LogP contribution in [0.25, 0.3) is 20.9 Å². The second-order valence-electron chi connectivity index (χ2n) is 4.36. The Balaban J connectivity index is 1.64. The number of para-hydroxylation sites is 1. The molecule has 4 nitrogen and oxygen atoms in total. The predicted octanol–water partition coefficient (Wildman–Crippen LogP) is 4.56. The molecule has 0 amide bonds. The van der Waals surface area contributed by atoms with E-state index >= 15 is 0 Å². The number of benzene rings is 1. The quantitative estimate of drug-likeness (QED) is 0.603. The van der Waals surface area contributed by atoms with Crippen LogP contribution in [-0.2, 0) is 0 Å². The standard InChI is InChI=1S/C15H10N4S2/c1-2-6-12-10(5-1)17-14(21-12)11-9-20-15(18-11)19-13-7-3-4-8-16-13/h1-9H,(H,16,18,19). The molecule has 0 atom stereocenters. The zero-order valence-corrected chi connectivity index (χ0v) is 12.5. The summed E-state index contributed by atoms with van der Waals surface area (Å²) in [5.41, 5.74) is 1.92. The van der Waals surface area contributed by atoms with Crippen molar-refractivity contribution in [3.8, 4) is 10.7 Å². The number of nitrogens with one attached hydrogen (secondary N) is 1. The molecule has 1 aromatic carbocycles. The van der Waals surface area contributed by atoms with Crippen molar-refractivity contribution in [1.82, 2.24) is 15.0 Å². The summed E-state index contributed by atoms with van der Waals surface area (Å²) in [6.07, 6.45) is 1.75. The number of rotatable bonds is 3. The van der Waals surface area contributed by atoms with Crippen LogP contribution >= 0.6 is 22.7 Å². The van der Waals surface area contributed by atoms with Crippen LogP contribution in [0.15, 0.2) is 54.0 Å². The van der Waals surface area contributed by atoms with Crippen molar-refractivity contribution in [3.05, 3.63) is 54.0 Å². The van der Waals surface area contributed by atoms with Gasteiger partial charge in [-0.15, -0.1) is 22.7 Å². The number of pyridine rings is 1. The normalized spacial score (nSPS) is 10.9. The Labute approximate surface area is 129 Å². The minimum absolute atomic E-state index is 0.794. The van der Waals surface area contributed by atoms with Gasteiger partial charge in [-0.3, -0.25) is 0 Å². The first-order valence-electron chi connectivity index (χ1n) is 6.38. The van der Waals surface area contributed by atoms with Crippen molar-refractivity contribution in [2.45, 2.75) is 0 Å². The van der Waals surface area contributed by atoms with E-state index in [1.807, 2.05) is 41.8 Å². The summed E-state index contributed by atoms with van der Waals surface area (Å²) < 4.78 is 1.18. The van der Waals surface area contributed by atoms with E-state index in [9.17, 15) is 0 Å². The number of aromatic nitrogens is 3. The Hall–Kier alpha value is -2.31. The van der Waals surface area contributed by atoms with Gasteiger partial charge >= 0.3 is 0 Å². The van der Waals surface area contributed by atoms with Gasteiger partial charge < -0.3 is 5.32 Å². The van der Waals surface area contributed by atoms with Crippen molar-refractivity contribution < 1.29 is 0 Å². The van der Waals surface area contributed by atoms with Gasteiger partial charge in [0.15, 0.2) is 5.13 Å². The second-order valence-corrected chi connectivity index (χ2v) is 6.25. The lowest BCUT2D eigenvalue weighted by molar-refractivity contribution is 1.28. The molecule has 0 aliphatic rings. The molecule has 0 unspecified atom stereocenters. The van der Waals surface area contributed by atoms with Crippen LogP contribution in [-0.4, -0.2) is 15.0 Å². The minimum atomic E-state index is 0.794. The Morgan fingerprint density at radius 1 is 0.952 bits per heavy atom. The molecule has 0 bridgehead atoms. The van der Waals surface area contributed by atoms with E-state index in [2.05, 4.69) is 26.3 Å². The van der Waals surface area contributed by atoms with Gasteiger partial charge in [0.1, 0.15) is 16.5 Å². The first-order chi connectivity index (χ1) is 10.4. The van der Waals surface area contributed by atoms with Crippen LogP contribution in [0, 0.1) is 0 Å². The smallest absolute Gasteiger partial charge is 0.188 e. The Kier molecular flexibility index (Phi) is 3.10. The number of fused-ring (bicyclic) bond motifs is 1. The highest BCUT2D eigenvalue weighted by Gasteiger charge is 2.10. The van der Waals surface area contributed by atoms with Gasteiger partial charge in [0.2, 0.25) is 0 Å². The van der Waals surface area contributed by atoms with E-state index in [1.54, 1.807) is 28.9 Å². The van der Waals surface area contributed by atoms with Crippen LogP contribution in [0.4, 0.5) is 10.9 Å². The zero-order chi connectivity index (χ0) is 14.1. The SMILES string of the molecule is c1ccc(Nc2nc(-c3nc4ccccc4s3)cs2)nc1. The summed E-state index contributed by atoms with van der Waals surface area (Å²) in [4.78, 5) is 13.4. The molecule has 0 radical (unpaired) electrons. The summed E-state index contributed by atoms with van der Waals surface area (Å²) in [5, 5.41) is 6.99. The molecule has 1 N–H and O–H groups in total. The van der Waals surface area contributed by atoms with Crippen LogP contribution < -0.4 is 5.32 Å². The van der Waals surface area contributed by atoms with E-state index in [1.165, 1.54) is 4.70 Å². The average molecular weight is 310 g/mol. The van der Waals surface area contributed by atoms with Crippen LogP contribution in [0.5, 0.6) is 0 Å².